The molecule has 0 aromatic rings. The van der Waals surface area contributed by atoms with Gasteiger partial charge in [0.15, 0.2) is 6.17 Å². The fourth-order valence-corrected chi connectivity index (χ4v) is 2.47. The zero-order valence-electron chi connectivity index (χ0n) is 12.6. The van der Waals surface area contributed by atoms with Crippen LogP contribution in [0.5, 0.6) is 0 Å². The maximum atomic E-state index is 3.92. The fourth-order valence-electron chi connectivity index (χ4n) is 2.47. The van der Waals surface area contributed by atoms with Crippen molar-refractivity contribution in [3.8, 4) is 0 Å². The summed E-state index contributed by atoms with van der Waals surface area (Å²) in [4.78, 5) is 0. The topological polar surface area (TPSA) is 49.4 Å². The molecule has 0 spiro atoms. The Bertz CT molecular complexity index is 239. The molecule has 0 aliphatic carbocycles. The Morgan fingerprint density at radius 3 is 1.47 bits per heavy atom. The Balaban J connectivity index is 1.69. The van der Waals surface area contributed by atoms with Gasteiger partial charge in [0.2, 0.25) is 0 Å². The van der Waals surface area contributed by atoms with E-state index in [9.17, 15) is 0 Å². The number of nitrogens with zero attached hydrogens (tertiary/aromatic N) is 4. The summed E-state index contributed by atoms with van der Waals surface area (Å²) >= 11 is 0. The lowest BCUT2D eigenvalue weighted by Gasteiger charge is -2.03. The van der Waals surface area contributed by atoms with E-state index in [0.717, 1.165) is 6.42 Å². The van der Waals surface area contributed by atoms with Crippen molar-refractivity contribution in [2.75, 3.05) is 0 Å². The zero-order valence-corrected chi connectivity index (χ0v) is 12.6. The second kappa shape index (κ2) is 12.2. The highest BCUT2D eigenvalue weighted by atomic mass is 15.6. The van der Waals surface area contributed by atoms with Crippen molar-refractivity contribution in [1.82, 2.24) is 0 Å². The van der Waals surface area contributed by atoms with E-state index < -0.39 is 0 Å². The molecule has 0 saturated carbocycles. The third-order valence-electron chi connectivity index (χ3n) is 3.73. The van der Waals surface area contributed by atoms with Gasteiger partial charge >= 0.3 is 0 Å². The first-order valence-corrected chi connectivity index (χ1v) is 8.23. The number of unbranched alkanes of at least 4 members (excludes halogenated alkanes) is 11. The molecule has 0 radical (unpaired) electrons. The van der Waals surface area contributed by atoms with E-state index in [0.29, 0.717) is 0 Å². The predicted octanol–water partition coefficient (Wildman–Crippen LogP) is 6.24. The highest BCUT2D eigenvalue weighted by molar-refractivity contribution is 4.61. The van der Waals surface area contributed by atoms with Crippen LogP contribution in [0, 0.1) is 0 Å². The normalized spacial score (nSPS) is 14.6. The summed E-state index contributed by atoms with van der Waals surface area (Å²) in [5.41, 5.74) is 0. The highest BCUT2D eigenvalue weighted by Crippen LogP contribution is 2.15. The first-order valence-electron chi connectivity index (χ1n) is 8.23. The van der Waals surface area contributed by atoms with Crippen molar-refractivity contribution in [2.45, 2.75) is 96.6 Å². The predicted molar refractivity (Wildman–Crippen MR) is 79.2 cm³/mol. The van der Waals surface area contributed by atoms with Gasteiger partial charge in [-0.2, -0.15) is 0 Å². The van der Waals surface area contributed by atoms with Gasteiger partial charge in [-0.15, -0.1) is 10.2 Å². The molecule has 0 amide bonds. The largest absolute Gasteiger partial charge is 0.185 e. The molecule has 0 bridgehead atoms. The Hall–Kier alpha value is -0.800. The molecule has 0 aromatic carbocycles. The van der Waals surface area contributed by atoms with Crippen LogP contribution in [0.1, 0.15) is 90.4 Å². The van der Waals surface area contributed by atoms with Gasteiger partial charge in [0, 0.05) is 0 Å². The summed E-state index contributed by atoms with van der Waals surface area (Å²) in [7, 11) is 0. The van der Waals surface area contributed by atoms with E-state index in [1.54, 1.807) is 0 Å². The SMILES string of the molecule is CCCCCCCCCCCCCCC1N=NN=N1. The molecule has 0 atom stereocenters. The maximum absolute atomic E-state index is 3.92. The molecule has 1 rings (SSSR count). The van der Waals surface area contributed by atoms with Crippen LogP contribution in [-0.4, -0.2) is 6.17 Å². The van der Waals surface area contributed by atoms with Gasteiger partial charge in [-0.3, -0.25) is 0 Å². The number of hydrogen-bond donors (Lipinski definition) is 0. The minimum Gasteiger partial charge on any atom is -0.138 e. The molecule has 19 heavy (non-hydrogen) atoms. The van der Waals surface area contributed by atoms with Gasteiger partial charge < -0.3 is 0 Å². The summed E-state index contributed by atoms with van der Waals surface area (Å²) in [5.74, 6) is 0. The van der Waals surface area contributed by atoms with Crippen LogP contribution in [0.4, 0.5) is 0 Å². The van der Waals surface area contributed by atoms with E-state index in [2.05, 4.69) is 27.6 Å². The standard InChI is InChI=1S/C15H30N4/c1-2-3-4-5-6-7-8-9-10-11-12-13-14-15-16-18-19-17-15/h15H,2-14H2,1H3. The minimum atomic E-state index is 0.0307. The molecule has 0 fully saturated rings. The van der Waals surface area contributed by atoms with E-state index in [1.807, 2.05) is 0 Å². The van der Waals surface area contributed by atoms with Gasteiger partial charge in [-0.25, -0.2) is 0 Å². The molecule has 0 unspecified atom stereocenters. The van der Waals surface area contributed by atoms with Crippen LogP contribution in [0.3, 0.4) is 0 Å². The molecule has 4 nitrogen and oxygen atoms in total. The van der Waals surface area contributed by atoms with Crippen molar-refractivity contribution >= 4 is 0 Å². The third kappa shape index (κ3) is 9.74. The second-order valence-electron chi connectivity index (χ2n) is 5.57. The number of hydrogen-bond acceptors (Lipinski definition) is 4. The fraction of sp³-hybridized carbons (Fsp3) is 1.00. The van der Waals surface area contributed by atoms with Gasteiger partial charge in [0.05, 0.1) is 0 Å². The highest BCUT2D eigenvalue weighted by Gasteiger charge is 2.07. The summed E-state index contributed by atoms with van der Waals surface area (Å²) in [6.07, 6.45) is 17.7. The molecule has 110 valence electrons. The van der Waals surface area contributed by atoms with E-state index in [1.165, 1.54) is 77.0 Å². The Labute approximate surface area is 118 Å². The minimum absolute atomic E-state index is 0.0307. The lowest BCUT2D eigenvalue weighted by atomic mass is 10.0. The molecule has 0 N–H and O–H groups in total. The van der Waals surface area contributed by atoms with Crippen LogP contribution in [0.25, 0.3) is 0 Å². The van der Waals surface area contributed by atoms with E-state index >= 15 is 0 Å². The van der Waals surface area contributed by atoms with Crippen LogP contribution < -0.4 is 0 Å². The van der Waals surface area contributed by atoms with Crippen molar-refractivity contribution in [3.05, 3.63) is 0 Å². The van der Waals surface area contributed by atoms with Crippen LogP contribution >= 0.6 is 0 Å². The molecule has 4 heteroatoms. The second-order valence-corrected chi connectivity index (χ2v) is 5.57. The summed E-state index contributed by atoms with van der Waals surface area (Å²) in [5, 5.41) is 14.9. The monoisotopic (exact) mass is 266 g/mol. The van der Waals surface area contributed by atoms with Crippen LogP contribution in [0.15, 0.2) is 20.7 Å². The summed E-state index contributed by atoms with van der Waals surface area (Å²) in [6.45, 7) is 2.28. The Morgan fingerprint density at radius 1 is 0.579 bits per heavy atom. The van der Waals surface area contributed by atoms with Gasteiger partial charge in [-0.1, -0.05) is 77.6 Å². The van der Waals surface area contributed by atoms with Crippen molar-refractivity contribution in [1.29, 1.82) is 0 Å². The first kappa shape index (κ1) is 16.3. The third-order valence-corrected chi connectivity index (χ3v) is 3.73. The summed E-state index contributed by atoms with van der Waals surface area (Å²) in [6, 6.07) is 0. The van der Waals surface area contributed by atoms with E-state index in [4.69, 9.17) is 0 Å². The molecule has 1 aliphatic rings. The lowest BCUT2D eigenvalue weighted by Crippen LogP contribution is -1.95. The van der Waals surface area contributed by atoms with Gasteiger partial charge in [0.25, 0.3) is 0 Å². The molecular weight excluding hydrogens is 236 g/mol. The maximum Gasteiger partial charge on any atom is 0.185 e. The molecular formula is C15H30N4. The first-order chi connectivity index (χ1) is 9.43. The van der Waals surface area contributed by atoms with Crippen molar-refractivity contribution in [3.63, 3.8) is 0 Å². The quantitative estimate of drug-likeness (QED) is 0.354. The summed E-state index contributed by atoms with van der Waals surface area (Å²) < 4.78 is 0. The van der Waals surface area contributed by atoms with Crippen LogP contribution in [-0.2, 0) is 0 Å². The van der Waals surface area contributed by atoms with Gasteiger partial charge in [-0.05, 0) is 23.3 Å². The number of rotatable bonds is 13. The van der Waals surface area contributed by atoms with Crippen LogP contribution in [0.2, 0.25) is 0 Å². The molecule has 1 heterocycles. The Kier molecular flexibility index (Phi) is 10.5. The zero-order chi connectivity index (χ0) is 13.6. The smallest absolute Gasteiger partial charge is 0.138 e. The van der Waals surface area contributed by atoms with E-state index in [-0.39, 0.29) is 6.17 Å². The average Bonchev–Trinajstić information content (AvgIpc) is 2.93. The molecule has 1 aliphatic heterocycles. The van der Waals surface area contributed by atoms with Crippen molar-refractivity contribution < 1.29 is 0 Å². The average molecular weight is 266 g/mol. The lowest BCUT2D eigenvalue weighted by molar-refractivity contribution is 0.522. The molecule has 0 saturated heterocycles. The Morgan fingerprint density at radius 2 is 1.00 bits per heavy atom. The molecule has 0 aromatic heterocycles. The van der Waals surface area contributed by atoms with Gasteiger partial charge in [0.1, 0.15) is 0 Å². The van der Waals surface area contributed by atoms with Crippen molar-refractivity contribution in [2.24, 2.45) is 20.7 Å².